The Morgan fingerprint density at radius 3 is 2.52 bits per heavy atom. The van der Waals surface area contributed by atoms with E-state index in [2.05, 4.69) is 13.8 Å². The lowest BCUT2D eigenvalue weighted by atomic mass is 9.45. The fourth-order valence-electron chi connectivity index (χ4n) is 7.24. The maximum absolute atomic E-state index is 12.4. The van der Waals surface area contributed by atoms with Crippen LogP contribution in [0.1, 0.15) is 71.6 Å². The second-order valence-corrected chi connectivity index (χ2v) is 10.5. The molecule has 4 fully saturated rings. The van der Waals surface area contributed by atoms with Crippen molar-refractivity contribution in [1.82, 2.24) is 0 Å². The minimum atomic E-state index is -4.62. The van der Waals surface area contributed by atoms with Gasteiger partial charge in [0.25, 0.3) is 0 Å². The Labute approximate surface area is 150 Å². The Bertz CT molecular complexity index is 673. The number of hydrogen-bond acceptors (Lipinski definition) is 5. The lowest BCUT2D eigenvalue weighted by Gasteiger charge is -2.60. The van der Waals surface area contributed by atoms with E-state index in [-0.39, 0.29) is 10.8 Å². The molecule has 0 aliphatic heterocycles. The van der Waals surface area contributed by atoms with Gasteiger partial charge in [-0.1, -0.05) is 13.8 Å². The molecule has 0 aromatic heterocycles. The molecule has 6 heteroatoms. The summed E-state index contributed by atoms with van der Waals surface area (Å²) in [6.07, 6.45) is 7.94. The van der Waals surface area contributed by atoms with Crippen LogP contribution in [0.15, 0.2) is 0 Å². The monoisotopic (exact) mass is 369 g/mol. The third-order valence-corrected chi connectivity index (χ3v) is 9.09. The molecule has 0 amide bonds. The molecule has 0 aromatic rings. The summed E-state index contributed by atoms with van der Waals surface area (Å²) in [6, 6.07) is 0. The molecule has 0 saturated heterocycles. The van der Waals surface area contributed by atoms with Gasteiger partial charge in [-0.05, 0) is 80.5 Å². The molecule has 7 atom stereocenters. The van der Waals surface area contributed by atoms with Gasteiger partial charge in [0.2, 0.25) is 10.4 Å². The van der Waals surface area contributed by atoms with Crippen molar-refractivity contribution in [1.29, 1.82) is 0 Å². The zero-order valence-corrected chi connectivity index (χ0v) is 16.0. The van der Waals surface area contributed by atoms with Crippen LogP contribution in [-0.4, -0.2) is 24.9 Å². The fourth-order valence-corrected chi connectivity index (χ4v) is 7.75. The molecular formula is C19H29O5S-. The molecular weight excluding hydrogens is 340 g/mol. The minimum Gasteiger partial charge on any atom is -0.726 e. The van der Waals surface area contributed by atoms with Gasteiger partial charge >= 0.3 is 0 Å². The van der Waals surface area contributed by atoms with E-state index in [4.69, 9.17) is 4.18 Å². The van der Waals surface area contributed by atoms with Crippen molar-refractivity contribution in [3.05, 3.63) is 0 Å². The molecule has 4 aliphatic rings. The zero-order valence-electron chi connectivity index (χ0n) is 15.2. The molecule has 4 aliphatic carbocycles. The van der Waals surface area contributed by atoms with Crippen molar-refractivity contribution in [2.75, 3.05) is 0 Å². The highest BCUT2D eigenvalue weighted by Crippen LogP contribution is 2.65. The van der Waals surface area contributed by atoms with Crippen molar-refractivity contribution < 1.29 is 21.9 Å². The summed E-state index contributed by atoms with van der Waals surface area (Å²) in [7, 11) is -4.62. The van der Waals surface area contributed by atoms with Crippen molar-refractivity contribution in [3.8, 4) is 0 Å². The first-order valence-corrected chi connectivity index (χ1v) is 11.1. The van der Waals surface area contributed by atoms with Gasteiger partial charge in [-0.2, -0.15) is 0 Å². The molecule has 0 aromatic carbocycles. The Hall–Kier alpha value is -0.460. The van der Waals surface area contributed by atoms with Crippen LogP contribution in [-0.2, 0) is 19.4 Å². The molecule has 25 heavy (non-hydrogen) atoms. The first-order chi connectivity index (χ1) is 11.6. The molecule has 0 N–H and O–H groups in total. The van der Waals surface area contributed by atoms with E-state index < -0.39 is 16.5 Å². The highest BCUT2D eigenvalue weighted by Gasteiger charge is 2.60. The third-order valence-electron chi connectivity index (χ3n) is 8.58. The number of hydrogen-bond donors (Lipinski definition) is 0. The Balaban J connectivity index is 1.54. The minimum absolute atomic E-state index is 0.0959. The average Bonchev–Trinajstić information content (AvgIpc) is 2.82. The van der Waals surface area contributed by atoms with Gasteiger partial charge in [-0.3, -0.25) is 8.98 Å². The maximum Gasteiger partial charge on any atom is 0.217 e. The summed E-state index contributed by atoms with van der Waals surface area (Å²) < 4.78 is 37.6. The third kappa shape index (κ3) is 2.79. The predicted molar refractivity (Wildman–Crippen MR) is 91.3 cm³/mol. The van der Waals surface area contributed by atoms with Crippen LogP contribution in [0, 0.1) is 34.5 Å². The van der Waals surface area contributed by atoms with Gasteiger partial charge in [-0.15, -0.1) is 0 Å². The van der Waals surface area contributed by atoms with Crippen LogP contribution < -0.4 is 0 Å². The van der Waals surface area contributed by atoms with E-state index in [0.29, 0.717) is 42.3 Å². The molecule has 5 nitrogen and oxygen atoms in total. The van der Waals surface area contributed by atoms with E-state index in [1.807, 2.05) is 0 Å². The normalized spacial score (nSPS) is 50.0. The predicted octanol–water partition coefficient (Wildman–Crippen LogP) is 3.44. The second kappa shape index (κ2) is 5.77. The lowest BCUT2D eigenvalue weighted by molar-refractivity contribution is -0.141. The number of fused-ring (bicyclic) bond motifs is 5. The van der Waals surface area contributed by atoms with Crippen LogP contribution in [0.25, 0.3) is 0 Å². The number of rotatable bonds is 2. The second-order valence-electron chi connectivity index (χ2n) is 9.48. The fraction of sp³-hybridized carbons (Fsp3) is 0.947. The summed E-state index contributed by atoms with van der Waals surface area (Å²) in [5, 5.41) is 0. The van der Waals surface area contributed by atoms with E-state index >= 15 is 0 Å². The van der Waals surface area contributed by atoms with Gasteiger partial charge in [-0.25, -0.2) is 8.42 Å². The van der Waals surface area contributed by atoms with Gasteiger partial charge in [0.05, 0.1) is 6.10 Å². The summed E-state index contributed by atoms with van der Waals surface area (Å²) in [4.78, 5) is 12.4. The molecule has 4 rings (SSSR count). The quantitative estimate of drug-likeness (QED) is 0.550. The SMILES string of the molecule is C[C@]12CC[C@@H](OS(=O)(=O)[O-])C[C@@H]1CC[C@@H]1[C@@H]2CC[C@]2(C)C(=O)CC[C@@H]12. The van der Waals surface area contributed by atoms with Gasteiger partial charge in [0.1, 0.15) is 5.78 Å². The number of Topliss-reactive ketones (excluding diaryl/α,β-unsaturated/α-hetero) is 1. The molecule has 0 radical (unpaired) electrons. The highest BCUT2D eigenvalue weighted by molar-refractivity contribution is 7.80. The van der Waals surface area contributed by atoms with E-state index in [0.717, 1.165) is 44.9 Å². The molecule has 0 spiro atoms. The van der Waals surface area contributed by atoms with Crippen LogP contribution in [0.3, 0.4) is 0 Å². The number of carbonyl (C=O) groups is 1. The van der Waals surface area contributed by atoms with Crippen LogP contribution in [0.5, 0.6) is 0 Å². The van der Waals surface area contributed by atoms with Gasteiger partial charge in [0.15, 0.2) is 0 Å². The molecule has 0 bridgehead atoms. The van der Waals surface area contributed by atoms with E-state index in [9.17, 15) is 17.8 Å². The summed E-state index contributed by atoms with van der Waals surface area (Å²) in [6.45, 7) is 4.57. The summed E-state index contributed by atoms with van der Waals surface area (Å²) in [5.74, 6) is 2.69. The van der Waals surface area contributed by atoms with Crippen LogP contribution in [0.2, 0.25) is 0 Å². The maximum atomic E-state index is 12.4. The number of ketones is 1. The van der Waals surface area contributed by atoms with Crippen LogP contribution >= 0.6 is 0 Å². The van der Waals surface area contributed by atoms with Crippen LogP contribution in [0.4, 0.5) is 0 Å². The first-order valence-electron chi connectivity index (χ1n) is 9.81. The smallest absolute Gasteiger partial charge is 0.217 e. The van der Waals surface area contributed by atoms with Crippen molar-refractivity contribution in [3.63, 3.8) is 0 Å². The standard InChI is InChI=1S/C19H30O5S/c1-18-9-7-13(24-25(21,22)23)11-12(18)3-4-14-15-5-6-17(20)19(15,2)10-8-16(14)18/h12-16H,3-11H2,1-2H3,(H,21,22,23)/p-1/t12-,13+,14-,15-,16-,18-,19-/m0/s1. The Morgan fingerprint density at radius 2 is 1.80 bits per heavy atom. The first kappa shape index (κ1) is 17.9. The molecule has 0 heterocycles. The van der Waals surface area contributed by atoms with E-state index in [1.165, 1.54) is 0 Å². The average molecular weight is 370 g/mol. The lowest BCUT2D eigenvalue weighted by Crippen LogP contribution is -2.54. The van der Waals surface area contributed by atoms with Crippen molar-refractivity contribution in [2.45, 2.75) is 77.7 Å². The summed E-state index contributed by atoms with van der Waals surface area (Å²) >= 11 is 0. The van der Waals surface area contributed by atoms with E-state index in [1.54, 1.807) is 0 Å². The number of carbonyl (C=O) groups excluding carboxylic acids is 1. The largest absolute Gasteiger partial charge is 0.726 e. The zero-order chi connectivity index (χ0) is 18.0. The Kier molecular flexibility index (Phi) is 4.14. The molecule has 4 saturated carbocycles. The van der Waals surface area contributed by atoms with Crippen molar-refractivity contribution >= 4 is 16.2 Å². The molecule has 0 unspecified atom stereocenters. The Morgan fingerprint density at radius 1 is 1.04 bits per heavy atom. The molecule has 142 valence electrons. The topological polar surface area (TPSA) is 83.5 Å². The van der Waals surface area contributed by atoms with Gasteiger partial charge in [0, 0.05) is 11.8 Å². The highest BCUT2D eigenvalue weighted by atomic mass is 32.3. The summed E-state index contributed by atoms with van der Waals surface area (Å²) in [5.41, 5.74) is 0.101. The van der Waals surface area contributed by atoms with Gasteiger partial charge < -0.3 is 4.55 Å². The van der Waals surface area contributed by atoms with Crippen molar-refractivity contribution in [2.24, 2.45) is 34.5 Å².